The van der Waals surface area contributed by atoms with Gasteiger partial charge >= 0.3 is 6.03 Å². The summed E-state index contributed by atoms with van der Waals surface area (Å²) in [6, 6.07) is 2.72. The van der Waals surface area contributed by atoms with Crippen molar-refractivity contribution in [2.45, 2.75) is 50.6 Å². The van der Waals surface area contributed by atoms with Crippen LogP contribution >= 0.6 is 0 Å². The van der Waals surface area contributed by atoms with Crippen molar-refractivity contribution < 1.29 is 17.9 Å². The van der Waals surface area contributed by atoms with Gasteiger partial charge in [0.15, 0.2) is 5.03 Å². The van der Waals surface area contributed by atoms with Crippen molar-refractivity contribution in [3.8, 4) is 5.75 Å². The average Bonchev–Trinajstić information content (AvgIpc) is 3.34. The van der Waals surface area contributed by atoms with E-state index in [9.17, 15) is 13.2 Å². The van der Waals surface area contributed by atoms with Gasteiger partial charge in [0, 0.05) is 18.7 Å². The predicted molar refractivity (Wildman–Crippen MR) is 99.6 cm³/mol. The van der Waals surface area contributed by atoms with Crippen LogP contribution in [0.2, 0.25) is 0 Å². The van der Waals surface area contributed by atoms with Crippen LogP contribution in [-0.4, -0.2) is 30.8 Å². The molecule has 2 N–H and O–H groups in total. The zero-order valence-electron chi connectivity index (χ0n) is 15.3. The number of benzene rings is 1. The average molecular weight is 390 g/mol. The van der Waals surface area contributed by atoms with Gasteiger partial charge in [0.05, 0.1) is 12.3 Å². The van der Waals surface area contributed by atoms with E-state index in [1.807, 2.05) is 18.6 Å². The lowest BCUT2D eigenvalue weighted by atomic mass is 10.0. The van der Waals surface area contributed by atoms with Crippen LogP contribution in [-0.2, 0) is 29.3 Å². The zero-order chi connectivity index (χ0) is 19.2. The minimum absolute atomic E-state index is 0.0226. The number of amides is 2. The molecule has 1 aromatic heterocycles. The molecule has 2 aliphatic rings. The summed E-state index contributed by atoms with van der Waals surface area (Å²) >= 11 is 0. The van der Waals surface area contributed by atoms with Crippen molar-refractivity contribution in [1.82, 2.24) is 14.5 Å². The number of nitrogens with one attached hydrogen (secondary N) is 2. The quantitative estimate of drug-likeness (QED) is 0.835. The third kappa shape index (κ3) is 3.27. The number of carbonyl (C=O) groups is 1. The van der Waals surface area contributed by atoms with E-state index in [4.69, 9.17) is 4.74 Å². The molecule has 2 amide bonds. The SMILES string of the molecule is CC(C)n1ccc(S(=O)(=O)NC(=O)Nc2c3c(cc4c2OCC4)CCC3)n1. The van der Waals surface area contributed by atoms with Gasteiger partial charge in [-0.1, -0.05) is 6.07 Å². The molecule has 9 heteroatoms. The Kier molecular flexibility index (Phi) is 4.33. The molecule has 4 rings (SSSR count). The number of rotatable bonds is 4. The molecular weight excluding hydrogens is 368 g/mol. The molecule has 0 fully saturated rings. The maximum absolute atomic E-state index is 12.5. The van der Waals surface area contributed by atoms with Crippen LogP contribution in [0.5, 0.6) is 5.75 Å². The van der Waals surface area contributed by atoms with Gasteiger partial charge < -0.3 is 10.1 Å². The minimum atomic E-state index is -4.06. The maximum Gasteiger partial charge on any atom is 0.333 e. The van der Waals surface area contributed by atoms with E-state index in [2.05, 4.69) is 16.5 Å². The van der Waals surface area contributed by atoms with E-state index < -0.39 is 16.1 Å². The lowest BCUT2D eigenvalue weighted by molar-refractivity contribution is 0.256. The number of urea groups is 1. The van der Waals surface area contributed by atoms with Crippen LogP contribution in [0.15, 0.2) is 23.4 Å². The Bertz CT molecular complexity index is 978. The Morgan fingerprint density at radius 2 is 2.07 bits per heavy atom. The van der Waals surface area contributed by atoms with Crippen molar-refractivity contribution in [3.63, 3.8) is 0 Å². The molecule has 144 valence electrons. The number of fused-ring (bicyclic) bond motifs is 2. The highest BCUT2D eigenvalue weighted by atomic mass is 32.2. The van der Waals surface area contributed by atoms with Gasteiger partial charge in [-0.05, 0) is 55.9 Å². The molecule has 1 aromatic carbocycles. The largest absolute Gasteiger partial charge is 0.491 e. The molecule has 27 heavy (non-hydrogen) atoms. The van der Waals surface area contributed by atoms with E-state index in [1.165, 1.54) is 16.3 Å². The molecule has 1 aliphatic carbocycles. The van der Waals surface area contributed by atoms with E-state index >= 15 is 0 Å². The number of sulfonamides is 1. The summed E-state index contributed by atoms with van der Waals surface area (Å²) in [5.41, 5.74) is 3.89. The highest BCUT2D eigenvalue weighted by molar-refractivity contribution is 7.90. The predicted octanol–water partition coefficient (Wildman–Crippen LogP) is 2.40. The van der Waals surface area contributed by atoms with Crippen LogP contribution in [0, 0.1) is 0 Å². The van der Waals surface area contributed by atoms with Crippen LogP contribution in [0.3, 0.4) is 0 Å². The van der Waals surface area contributed by atoms with Crippen molar-refractivity contribution in [1.29, 1.82) is 0 Å². The lowest BCUT2D eigenvalue weighted by Crippen LogP contribution is -2.35. The molecule has 1 aliphatic heterocycles. The molecule has 0 saturated heterocycles. The Labute approximate surface area is 158 Å². The number of aromatic nitrogens is 2. The van der Waals surface area contributed by atoms with Crippen LogP contribution < -0.4 is 14.8 Å². The fourth-order valence-corrected chi connectivity index (χ4v) is 4.44. The number of nitrogens with zero attached hydrogens (tertiary/aromatic N) is 2. The van der Waals surface area contributed by atoms with Gasteiger partial charge in [0.2, 0.25) is 0 Å². The second-order valence-corrected chi connectivity index (χ2v) is 8.75. The van der Waals surface area contributed by atoms with Crippen molar-refractivity contribution >= 4 is 21.7 Å². The van der Waals surface area contributed by atoms with Gasteiger partial charge in [-0.2, -0.15) is 13.5 Å². The number of ether oxygens (including phenoxy) is 1. The topological polar surface area (TPSA) is 102 Å². The summed E-state index contributed by atoms with van der Waals surface area (Å²) in [5.74, 6) is 0.660. The van der Waals surface area contributed by atoms with Gasteiger partial charge in [0.1, 0.15) is 5.75 Å². The van der Waals surface area contributed by atoms with E-state index in [1.54, 1.807) is 6.20 Å². The second kappa shape index (κ2) is 6.56. The van der Waals surface area contributed by atoms with E-state index in [-0.39, 0.29) is 11.1 Å². The Hall–Kier alpha value is -2.55. The first kappa shape index (κ1) is 17.8. The van der Waals surface area contributed by atoms with Gasteiger partial charge in [-0.25, -0.2) is 9.52 Å². The Morgan fingerprint density at radius 1 is 1.26 bits per heavy atom. The van der Waals surface area contributed by atoms with Gasteiger partial charge in [0.25, 0.3) is 10.0 Å². The number of anilines is 1. The molecule has 2 aromatic rings. The van der Waals surface area contributed by atoms with E-state index in [0.717, 1.165) is 36.8 Å². The standard InChI is InChI=1S/C18H22N4O4S/c1-11(2)22-8-6-15(20-22)27(24,25)21-18(23)19-16-14-5-3-4-12(14)10-13-7-9-26-17(13)16/h6,8,10-11H,3-5,7,9H2,1-2H3,(H2,19,21,23). The first-order valence-corrected chi connectivity index (χ1v) is 10.5. The first-order chi connectivity index (χ1) is 12.8. The molecule has 0 atom stereocenters. The highest BCUT2D eigenvalue weighted by Crippen LogP contribution is 2.42. The fourth-order valence-electron chi connectivity index (χ4n) is 3.60. The van der Waals surface area contributed by atoms with Gasteiger partial charge in [-0.15, -0.1) is 0 Å². The number of aryl methyl sites for hydroxylation is 1. The lowest BCUT2D eigenvalue weighted by Gasteiger charge is -2.15. The number of carbonyl (C=O) groups excluding carboxylic acids is 1. The highest BCUT2D eigenvalue weighted by Gasteiger charge is 2.28. The molecule has 0 saturated carbocycles. The van der Waals surface area contributed by atoms with Crippen molar-refractivity contribution in [2.75, 3.05) is 11.9 Å². The second-order valence-electron chi connectivity index (χ2n) is 7.12. The molecule has 0 unspecified atom stereocenters. The van der Waals surface area contributed by atoms with Crippen LogP contribution in [0.25, 0.3) is 0 Å². The third-order valence-electron chi connectivity index (χ3n) is 4.90. The van der Waals surface area contributed by atoms with Crippen molar-refractivity contribution in [3.05, 3.63) is 35.0 Å². The van der Waals surface area contributed by atoms with Gasteiger partial charge in [-0.3, -0.25) is 4.68 Å². The normalized spacial score (nSPS) is 15.4. The number of hydrogen-bond acceptors (Lipinski definition) is 5. The molecule has 0 bridgehead atoms. The van der Waals surface area contributed by atoms with Crippen molar-refractivity contribution in [2.24, 2.45) is 0 Å². The molecule has 0 radical (unpaired) electrons. The minimum Gasteiger partial charge on any atom is -0.491 e. The summed E-state index contributed by atoms with van der Waals surface area (Å²) in [6.45, 7) is 4.35. The zero-order valence-corrected chi connectivity index (χ0v) is 16.1. The van der Waals surface area contributed by atoms with Crippen LogP contribution in [0.1, 0.15) is 43.0 Å². The van der Waals surface area contributed by atoms with Crippen LogP contribution in [0.4, 0.5) is 10.5 Å². The van der Waals surface area contributed by atoms with E-state index in [0.29, 0.717) is 18.0 Å². The summed E-state index contributed by atoms with van der Waals surface area (Å²) < 4.78 is 34.2. The third-order valence-corrected chi connectivity index (χ3v) is 6.12. The number of hydrogen-bond donors (Lipinski definition) is 2. The summed E-state index contributed by atoms with van der Waals surface area (Å²) in [4.78, 5) is 12.5. The monoisotopic (exact) mass is 390 g/mol. The molecule has 0 spiro atoms. The molecular formula is C18H22N4O4S. The maximum atomic E-state index is 12.5. The molecule has 8 nitrogen and oxygen atoms in total. The Balaban J connectivity index is 1.57. The summed E-state index contributed by atoms with van der Waals surface area (Å²) in [7, 11) is -4.06. The summed E-state index contributed by atoms with van der Waals surface area (Å²) in [5, 5.41) is 6.54. The smallest absolute Gasteiger partial charge is 0.333 e. The molecule has 2 heterocycles. The summed E-state index contributed by atoms with van der Waals surface area (Å²) in [6.07, 6.45) is 5.18. The Morgan fingerprint density at radius 3 is 2.81 bits per heavy atom. The fraction of sp³-hybridized carbons (Fsp3) is 0.444. The first-order valence-electron chi connectivity index (χ1n) is 9.04.